The van der Waals surface area contributed by atoms with Gasteiger partial charge in [0, 0.05) is 20.2 Å². The smallest absolute Gasteiger partial charge is 0.0433 e. The van der Waals surface area contributed by atoms with Gasteiger partial charge < -0.3 is 0 Å². The molecule has 1 heterocycles. The Hall–Kier alpha value is -1.86. The second kappa shape index (κ2) is 3.82. The lowest BCUT2D eigenvalue weighted by Gasteiger charge is -2.00. The van der Waals surface area contributed by atoms with Crippen LogP contribution < -0.4 is 0 Å². The van der Waals surface area contributed by atoms with Crippen LogP contribution in [0.5, 0.6) is 0 Å². The molecule has 0 saturated carbocycles. The number of hydrogen-bond donors (Lipinski definition) is 0. The van der Waals surface area contributed by atoms with E-state index in [2.05, 4.69) is 62.4 Å². The summed E-state index contributed by atoms with van der Waals surface area (Å²) in [6.45, 7) is 4.42. The van der Waals surface area contributed by atoms with Gasteiger partial charge in [-0.2, -0.15) is 0 Å². The van der Waals surface area contributed by atoms with E-state index in [1.165, 1.54) is 42.1 Å². The fourth-order valence-corrected chi connectivity index (χ4v) is 4.19. The molecule has 4 rings (SSSR count). The predicted octanol–water partition coefficient (Wildman–Crippen LogP) is 5.82. The van der Waals surface area contributed by atoms with Gasteiger partial charge in [0.2, 0.25) is 0 Å². The van der Waals surface area contributed by atoms with Crippen molar-refractivity contribution < 1.29 is 0 Å². The van der Waals surface area contributed by atoms with E-state index >= 15 is 0 Å². The molecule has 1 heteroatoms. The molecular weight excluding hydrogens is 248 g/mol. The Morgan fingerprint density at radius 3 is 2.32 bits per heavy atom. The first kappa shape index (κ1) is 11.0. The first-order chi connectivity index (χ1) is 9.25. The molecule has 0 fully saturated rings. The Kier molecular flexibility index (Phi) is 2.21. The first-order valence-corrected chi connectivity index (χ1v) is 7.37. The number of benzene rings is 3. The largest absolute Gasteiger partial charge is 0.134 e. The van der Waals surface area contributed by atoms with Crippen LogP contribution in [0.15, 0.2) is 48.5 Å². The number of fused-ring (bicyclic) bond motifs is 5. The highest BCUT2D eigenvalue weighted by molar-refractivity contribution is 7.26. The Morgan fingerprint density at radius 1 is 0.684 bits per heavy atom. The standard InChI is InChI=1S/C18H14S/c1-11-7-9-15-16-10-8-13-5-3-4-6-14(13)18(16)19-17(15)12(11)2/h3-10H,1-2H3. The number of aryl methyl sites for hydroxylation is 2. The average Bonchev–Trinajstić information content (AvgIpc) is 2.83. The topological polar surface area (TPSA) is 0 Å². The summed E-state index contributed by atoms with van der Waals surface area (Å²) < 4.78 is 2.85. The van der Waals surface area contributed by atoms with Crippen molar-refractivity contribution >= 4 is 42.3 Å². The maximum Gasteiger partial charge on any atom is 0.0433 e. The summed E-state index contributed by atoms with van der Waals surface area (Å²) in [5.41, 5.74) is 2.80. The maximum absolute atomic E-state index is 2.27. The minimum Gasteiger partial charge on any atom is -0.134 e. The Labute approximate surface area is 116 Å². The normalized spacial score (nSPS) is 11.7. The summed E-state index contributed by atoms with van der Waals surface area (Å²) >= 11 is 1.93. The van der Waals surface area contributed by atoms with Crippen LogP contribution in [0.4, 0.5) is 0 Å². The minimum atomic E-state index is 1.33. The van der Waals surface area contributed by atoms with Gasteiger partial charge in [-0.3, -0.25) is 0 Å². The first-order valence-electron chi connectivity index (χ1n) is 6.56. The Morgan fingerprint density at radius 2 is 1.42 bits per heavy atom. The molecule has 0 saturated heterocycles. The van der Waals surface area contributed by atoms with Crippen LogP contribution in [-0.2, 0) is 0 Å². The molecule has 0 aliphatic heterocycles. The van der Waals surface area contributed by atoms with Crippen molar-refractivity contribution in [3.05, 3.63) is 59.7 Å². The third kappa shape index (κ3) is 1.45. The van der Waals surface area contributed by atoms with E-state index in [0.29, 0.717) is 0 Å². The molecule has 4 aromatic rings. The highest BCUT2D eigenvalue weighted by Crippen LogP contribution is 2.40. The molecule has 92 valence electrons. The minimum absolute atomic E-state index is 1.33. The predicted molar refractivity (Wildman–Crippen MR) is 86.3 cm³/mol. The van der Waals surface area contributed by atoms with Gasteiger partial charge in [0.05, 0.1) is 0 Å². The van der Waals surface area contributed by atoms with E-state index in [-0.39, 0.29) is 0 Å². The molecule has 0 aliphatic rings. The van der Waals surface area contributed by atoms with Crippen molar-refractivity contribution in [3.8, 4) is 0 Å². The summed E-state index contributed by atoms with van der Waals surface area (Å²) in [7, 11) is 0. The Balaban J connectivity index is 2.30. The zero-order valence-electron chi connectivity index (χ0n) is 11.0. The molecule has 3 aromatic carbocycles. The van der Waals surface area contributed by atoms with Crippen molar-refractivity contribution in [1.29, 1.82) is 0 Å². The summed E-state index contributed by atoms with van der Waals surface area (Å²) in [6.07, 6.45) is 0. The monoisotopic (exact) mass is 262 g/mol. The molecule has 1 aromatic heterocycles. The summed E-state index contributed by atoms with van der Waals surface area (Å²) in [6, 6.07) is 17.7. The van der Waals surface area contributed by atoms with Gasteiger partial charge in [0.15, 0.2) is 0 Å². The van der Waals surface area contributed by atoms with Crippen LogP contribution in [0.3, 0.4) is 0 Å². The van der Waals surface area contributed by atoms with E-state index in [9.17, 15) is 0 Å². The highest BCUT2D eigenvalue weighted by atomic mass is 32.1. The van der Waals surface area contributed by atoms with Crippen molar-refractivity contribution in [2.45, 2.75) is 13.8 Å². The SMILES string of the molecule is Cc1ccc2c(sc3c4ccccc4ccc23)c1C. The molecule has 0 aliphatic carbocycles. The molecule has 19 heavy (non-hydrogen) atoms. The van der Waals surface area contributed by atoms with E-state index in [1.807, 2.05) is 11.3 Å². The van der Waals surface area contributed by atoms with Crippen LogP contribution in [0, 0.1) is 13.8 Å². The zero-order valence-corrected chi connectivity index (χ0v) is 11.8. The lowest BCUT2D eigenvalue weighted by molar-refractivity contribution is 1.39. The second-order valence-electron chi connectivity index (χ2n) is 5.15. The highest BCUT2D eigenvalue weighted by Gasteiger charge is 2.10. The molecule has 0 radical (unpaired) electrons. The molecule has 0 bridgehead atoms. The fraction of sp³-hybridized carbons (Fsp3) is 0.111. The summed E-state index contributed by atoms with van der Waals surface area (Å²) in [5, 5.41) is 5.49. The van der Waals surface area contributed by atoms with E-state index in [1.54, 1.807) is 0 Å². The number of rotatable bonds is 0. The molecule has 0 atom stereocenters. The molecule has 0 amide bonds. The van der Waals surface area contributed by atoms with E-state index in [4.69, 9.17) is 0 Å². The van der Waals surface area contributed by atoms with Crippen LogP contribution >= 0.6 is 11.3 Å². The molecule has 0 spiro atoms. The van der Waals surface area contributed by atoms with E-state index in [0.717, 1.165) is 0 Å². The molecule has 0 unspecified atom stereocenters. The van der Waals surface area contributed by atoms with Gasteiger partial charge in [-0.15, -0.1) is 11.3 Å². The fourth-order valence-electron chi connectivity index (χ4n) is 2.80. The van der Waals surface area contributed by atoms with Crippen molar-refractivity contribution in [2.24, 2.45) is 0 Å². The van der Waals surface area contributed by atoms with Gasteiger partial charge in [-0.1, -0.05) is 48.5 Å². The number of thiophene rings is 1. The summed E-state index contributed by atoms with van der Waals surface area (Å²) in [5.74, 6) is 0. The van der Waals surface area contributed by atoms with Gasteiger partial charge in [-0.05, 0) is 35.7 Å². The van der Waals surface area contributed by atoms with Gasteiger partial charge in [0.25, 0.3) is 0 Å². The average molecular weight is 262 g/mol. The van der Waals surface area contributed by atoms with E-state index < -0.39 is 0 Å². The summed E-state index contributed by atoms with van der Waals surface area (Å²) in [4.78, 5) is 0. The molecule has 0 N–H and O–H groups in total. The van der Waals surface area contributed by atoms with Crippen LogP contribution in [0.2, 0.25) is 0 Å². The van der Waals surface area contributed by atoms with Crippen molar-refractivity contribution in [2.75, 3.05) is 0 Å². The van der Waals surface area contributed by atoms with Gasteiger partial charge in [0.1, 0.15) is 0 Å². The lowest BCUT2D eigenvalue weighted by Crippen LogP contribution is -1.78. The second-order valence-corrected chi connectivity index (χ2v) is 6.17. The van der Waals surface area contributed by atoms with Gasteiger partial charge >= 0.3 is 0 Å². The van der Waals surface area contributed by atoms with Crippen LogP contribution in [0.1, 0.15) is 11.1 Å². The molecular formula is C18H14S. The van der Waals surface area contributed by atoms with Crippen LogP contribution in [-0.4, -0.2) is 0 Å². The molecule has 0 nitrogen and oxygen atoms in total. The maximum atomic E-state index is 2.27. The Bertz CT molecular complexity index is 929. The third-order valence-electron chi connectivity index (χ3n) is 4.05. The van der Waals surface area contributed by atoms with Crippen LogP contribution in [0.25, 0.3) is 30.9 Å². The number of hydrogen-bond acceptors (Lipinski definition) is 1. The van der Waals surface area contributed by atoms with Crippen molar-refractivity contribution in [3.63, 3.8) is 0 Å². The quantitative estimate of drug-likeness (QED) is 0.374. The zero-order chi connectivity index (χ0) is 13.0. The third-order valence-corrected chi connectivity index (χ3v) is 5.42. The lowest BCUT2D eigenvalue weighted by atomic mass is 10.0. The van der Waals surface area contributed by atoms with Gasteiger partial charge in [-0.25, -0.2) is 0 Å². The van der Waals surface area contributed by atoms with Crippen molar-refractivity contribution in [1.82, 2.24) is 0 Å².